The van der Waals surface area contributed by atoms with Gasteiger partial charge in [-0.3, -0.25) is 5.32 Å². The van der Waals surface area contributed by atoms with Gasteiger partial charge >= 0.3 is 5.97 Å². The van der Waals surface area contributed by atoms with Crippen LogP contribution in [0.25, 0.3) is 0 Å². The molecule has 0 fully saturated rings. The highest BCUT2D eigenvalue weighted by molar-refractivity contribution is 9.10. The molecule has 0 spiro atoms. The van der Waals surface area contributed by atoms with E-state index in [0.717, 1.165) is 10.0 Å². The minimum atomic E-state index is -0.894. The van der Waals surface area contributed by atoms with Gasteiger partial charge in [-0.1, -0.05) is 34.1 Å². The number of carbonyl (C=O) groups excluding carboxylic acids is 1. The maximum Gasteiger partial charge on any atom is 0.330 e. The summed E-state index contributed by atoms with van der Waals surface area (Å²) in [7, 11) is 1.63. The van der Waals surface area contributed by atoms with Gasteiger partial charge in [0.05, 0.1) is 13.2 Å². The number of rotatable bonds is 7. The van der Waals surface area contributed by atoms with Crippen LogP contribution in [0.3, 0.4) is 0 Å². The van der Waals surface area contributed by atoms with E-state index in [0.29, 0.717) is 19.8 Å². The topological polar surface area (TPSA) is 47.6 Å². The Morgan fingerprint density at radius 2 is 2.11 bits per heavy atom. The second-order valence-electron chi connectivity index (χ2n) is 4.24. The second-order valence-corrected chi connectivity index (χ2v) is 5.10. The van der Waals surface area contributed by atoms with E-state index < -0.39 is 5.54 Å². The molecule has 1 unspecified atom stereocenters. The molecule has 1 aromatic rings. The van der Waals surface area contributed by atoms with Crippen LogP contribution >= 0.6 is 15.9 Å². The standard InChI is InChI=1S/C14H20BrNO3/c1-4-19-13(17)14(2,16-9-10-18-3)11-7-5-6-8-12(11)15/h5-8,16H,4,9-10H2,1-3H3. The van der Waals surface area contributed by atoms with E-state index in [1.54, 1.807) is 14.0 Å². The van der Waals surface area contributed by atoms with Gasteiger partial charge in [0.1, 0.15) is 5.54 Å². The fraction of sp³-hybridized carbons (Fsp3) is 0.500. The maximum atomic E-state index is 12.3. The predicted octanol–water partition coefficient (Wildman–Crippen LogP) is 2.46. The molecule has 0 amide bonds. The number of nitrogens with one attached hydrogen (secondary N) is 1. The molecule has 0 bridgehead atoms. The van der Waals surface area contributed by atoms with Crippen molar-refractivity contribution in [2.45, 2.75) is 19.4 Å². The molecule has 0 radical (unpaired) electrons. The molecule has 0 aliphatic carbocycles. The predicted molar refractivity (Wildman–Crippen MR) is 78.0 cm³/mol. The van der Waals surface area contributed by atoms with E-state index in [9.17, 15) is 4.79 Å². The summed E-state index contributed by atoms with van der Waals surface area (Å²) >= 11 is 3.48. The largest absolute Gasteiger partial charge is 0.464 e. The Morgan fingerprint density at radius 1 is 1.42 bits per heavy atom. The molecule has 1 N–H and O–H groups in total. The molecule has 0 aliphatic heterocycles. The first-order valence-electron chi connectivity index (χ1n) is 6.22. The molecular weight excluding hydrogens is 310 g/mol. The lowest BCUT2D eigenvalue weighted by Gasteiger charge is -2.30. The van der Waals surface area contributed by atoms with Gasteiger partial charge in [0.25, 0.3) is 0 Å². The highest BCUT2D eigenvalue weighted by Gasteiger charge is 2.37. The van der Waals surface area contributed by atoms with E-state index in [4.69, 9.17) is 9.47 Å². The SMILES string of the molecule is CCOC(=O)C(C)(NCCOC)c1ccccc1Br. The molecule has 1 atom stereocenters. The van der Waals surface area contributed by atoms with Gasteiger partial charge in [-0.15, -0.1) is 0 Å². The van der Waals surface area contributed by atoms with Gasteiger partial charge in [-0.2, -0.15) is 0 Å². The molecule has 0 saturated carbocycles. The molecule has 19 heavy (non-hydrogen) atoms. The third kappa shape index (κ3) is 4.03. The van der Waals surface area contributed by atoms with E-state index in [-0.39, 0.29) is 5.97 Å². The number of halogens is 1. The van der Waals surface area contributed by atoms with Crippen LogP contribution in [0.4, 0.5) is 0 Å². The zero-order chi connectivity index (χ0) is 14.3. The van der Waals surface area contributed by atoms with E-state index in [2.05, 4.69) is 21.2 Å². The van der Waals surface area contributed by atoms with Crippen molar-refractivity contribution in [3.8, 4) is 0 Å². The zero-order valence-corrected chi connectivity index (χ0v) is 13.1. The van der Waals surface area contributed by atoms with Crippen LogP contribution in [-0.2, 0) is 19.8 Å². The van der Waals surface area contributed by atoms with Gasteiger partial charge in [-0.05, 0) is 25.5 Å². The number of ether oxygens (including phenoxy) is 2. The number of hydrogen-bond donors (Lipinski definition) is 1. The molecule has 1 aromatic carbocycles. The Balaban J connectivity index is 3.04. The molecule has 4 nitrogen and oxygen atoms in total. The van der Waals surface area contributed by atoms with Gasteiger partial charge in [0.2, 0.25) is 0 Å². The van der Waals surface area contributed by atoms with Gasteiger partial charge in [-0.25, -0.2) is 4.79 Å². The van der Waals surface area contributed by atoms with Crippen LogP contribution in [-0.4, -0.2) is 32.8 Å². The quantitative estimate of drug-likeness (QED) is 0.616. The van der Waals surface area contributed by atoms with Crippen molar-refractivity contribution in [2.75, 3.05) is 26.9 Å². The molecule has 0 aliphatic rings. The summed E-state index contributed by atoms with van der Waals surface area (Å²) in [5, 5.41) is 3.21. The molecule has 106 valence electrons. The monoisotopic (exact) mass is 329 g/mol. The van der Waals surface area contributed by atoms with Crippen molar-refractivity contribution in [2.24, 2.45) is 0 Å². The lowest BCUT2D eigenvalue weighted by atomic mass is 9.92. The van der Waals surface area contributed by atoms with Crippen LogP contribution in [0.2, 0.25) is 0 Å². The average Bonchev–Trinajstić information content (AvgIpc) is 2.39. The van der Waals surface area contributed by atoms with Crippen molar-refractivity contribution in [3.05, 3.63) is 34.3 Å². The molecule has 0 aromatic heterocycles. The van der Waals surface area contributed by atoms with Crippen molar-refractivity contribution in [3.63, 3.8) is 0 Å². The average molecular weight is 330 g/mol. The summed E-state index contributed by atoms with van der Waals surface area (Å²) in [6, 6.07) is 7.62. The Labute approximate surface area is 122 Å². The molecule has 0 heterocycles. The first-order chi connectivity index (χ1) is 9.06. The van der Waals surface area contributed by atoms with Crippen LogP contribution in [0.5, 0.6) is 0 Å². The highest BCUT2D eigenvalue weighted by Crippen LogP contribution is 2.29. The fourth-order valence-corrected chi connectivity index (χ4v) is 2.50. The Bertz CT molecular complexity index is 425. The summed E-state index contributed by atoms with van der Waals surface area (Å²) in [6.07, 6.45) is 0. The highest BCUT2D eigenvalue weighted by atomic mass is 79.9. The van der Waals surface area contributed by atoms with E-state index in [1.165, 1.54) is 0 Å². The third-order valence-corrected chi connectivity index (χ3v) is 3.57. The Hall–Kier alpha value is -0.910. The van der Waals surface area contributed by atoms with Crippen LogP contribution < -0.4 is 5.32 Å². The van der Waals surface area contributed by atoms with Crippen LogP contribution in [0.1, 0.15) is 19.4 Å². The van der Waals surface area contributed by atoms with E-state index in [1.807, 2.05) is 31.2 Å². The zero-order valence-electron chi connectivity index (χ0n) is 11.5. The normalized spacial score (nSPS) is 13.9. The molecule has 5 heteroatoms. The first-order valence-corrected chi connectivity index (χ1v) is 7.01. The number of benzene rings is 1. The second kappa shape index (κ2) is 7.62. The minimum absolute atomic E-state index is 0.294. The number of carbonyl (C=O) groups is 1. The number of methoxy groups -OCH3 is 1. The minimum Gasteiger partial charge on any atom is -0.464 e. The van der Waals surface area contributed by atoms with Crippen LogP contribution in [0, 0.1) is 0 Å². The Kier molecular flexibility index (Phi) is 6.48. The molecular formula is C14H20BrNO3. The number of esters is 1. The third-order valence-electron chi connectivity index (χ3n) is 2.88. The summed E-state index contributed by atoms with van der Waals surface area (Å²) in [4.78, 5) is 12.3. The first kappa shape index (κ1) is 16.1. The maximum absolute atomic E-state index is 12.3. The van der Waals surface area contributed by atoms with Gasteiger partial charge < -0.3 is 9.47 Å². The lowest BCUT2D eigenvalue weighted by molar-refractivity contribution is -0.151. The van der Waals surface area contributed by atoms with Gasteiger partial charge in [0.15, 0.2) is 0 Å². The Morgan fingerprint density at radius 3 is 2.68 bits per heavy atom. The summed E-state index contributed by atoms with van der Waals surface area (Å²) in [5.74, 6) is -0.294. The van der Waals surface area contributed by atoms with Crippen molar-refractivity contribution < 1.29 is 14.3 Å². The van der Waals surface area contributed by atoms with Gasteiger partial charge in [0, 0.05) is 18.1 Å². The molecule has 1 rings (SSSR count). The lowest BCUT2D eigenvalue weighted by Crippen LogP contribution is -2.49. The fourth-order valence-electron chi connectivity index (χ4n) is 1.82. The van der Waals surface area contributed by atoms with Crippen molar-refractivity contribution in [1.82, 2.24) is 5.32 Å². The molecule has 0 saturated heterocycles. The van der Waals surface area contributed by atoms with Crippen molar-refractivity contribution in [1.29, 1.82) is 0 Å². The van der Waals surface area contributed by atoms with Crippen molar-refractivity contribution >= 4 is 21.9 Å². The smallest absolute Gasteiger partial charge is 0.330 e. The summed E-state index contributed by atoms with van der Waals surface area (Å²) in [5.41, 5.74) is -0.0428. The number of hydrogen-bond acceptors (Lipinski definition) is 4. The summed E-state index contributed by atoms with van der Waals surface area (Å²) < 4.78 is 11.1. The summed E-state index contributed by atoms with van der Waals surface area (Å²) in [6.45, 7) is 5.06. The van der Waals surface area contributed by atoms with E-state index >= 15 is 0 Å². The van der Waals surface area contributed by atoms with Crippen LogP contribution in [0.15, 0.2) is 28.7 Å².